The molecule has 0 saturated heterocycles. The molecule has 3 aromatic heterocycles. The molecule has 0 spiro atoms. The summed E-state index contributed by atoms with van der Waals surface area (Å²) in [5, 5.41) is 14.2. The minimum absolute atomic E-state index is 0.183. The van der Waals surface area contributed by atoms with Gasteiger partial charge >= 0.3 is 0 Å². The SMILES string of the molecule is N#CC1CC(n2cc(-c3ncnc4[nH]ccc34)cn2)C1. The topological polar surface area (TPSA) is 83.2 Å². The van der Waals surface area contributed by atoms with Gasteiger partial charge in [0.2, 0.25) is 0 Å². The highest BCUT2D eigenvalue weighted by Crippen LogP contribution is 2.37. The van der Waals surface area contributed by atoms with Gasteiger partial charge in [0.25, 0.3) is 0 Å². The molecule has 20 heavy (non-hydrogen) atoms. The quantitative estimate of drug-likeness (QED) is 0.769. The molecular weight excluding hydrogens is 252 g/mol. The van der Waals surface area contributed by atoms with Crippen molar-refractivity contribution >= 4 is 11.0 Å². The van der Waals surface area contributed by atoms with Gasteiger partial charge in [0.15, 0.2) is 0 Å². The molecule has 98 valence electrons. The van der Waals surface area contributed by atoms with Gasteiger partial charge in [0, 0.05) is 23.3 Å². The first-order chi connectivity index (χ1) is 9.85. The van der Waals surface area contributed by atoms with Crippen molar-refractivity contribution in [2.24, 2.45) is 5.92 Å². The van der Waals surface area contributed by atoms with E-state index in [0.29, 0.717) is 6.04 Å². The second-order valence-corrected chi connectivity index (χ2v) is 5.12. The Balaban J connectivity index is 1.69. The van der Waals surface area contributed by atoms with Crippen LogP contribution in [0, 0.1) is 17.2 Å². The molecule has 1 aliphatic carbocycles. The first kappa shape index (κ1) is 11.2. The average molecular weight is 264 g/mol. The fourth-order valence-electron chi connectivity index (χ4n) is 2.67. The summed E-state index contributed by atoms with van der Waals surface area (Å²) in [6.45, 7) is 0. The molecule has 3 heterocycles. The van der Waals surface area contributed by atoms with Crippen molar-refractivity contribution in [1.29, 1.82) is 5.26 Å². The largest absolute Gasteiger partial charge is 0.346 e. The van der Waals surface area contributed by atoms with Crippen molar-refractivity contribution in [3.63, 3.8) is 0 Å². The maximum atomic E-state index is 8.83. The van der Waals surface area contributed by atoms with Crippen molar-refractivity contribution in [3.05, 3.63) is 31.0 Å². The number of nitrogens with zero attached hydrogens (tertiary/aromatic N) is 5. The number of hydrogen-bond acceptors (Lipinski definition) is 4. The van der Waals surface area contributed by atoms with Crippen LogP contribution in [0.5, 0.6) is 0 Å². The van der Waals surface area contributed by atoms with Gasteiger partial charge in [-0.15, -0.1) is 0 Å². The summed E-state index contributed by atoms with van der Waals surface area (Å²) >= 11 is 0. The number of fused-ring (bicyclic) bond motifs is 1. The molecular formula is C14H12N6. The van der Waals surface area contributed by atoms with Gasteiger partial charge in [-0.25, -0.2) is 9.97 Å². The monoisotopic (exact) mass is 264 g/mol. The third kappa shape index (κ3) is 1.60. The van der Waals surface area contributed by atoms with Gasteiger partial charge in [-0.3, -0.25) is 4.68 Å². The Labute approximate surface area is 115 Å². The third-order valence-corrected chi connectivity index (χ3v) is 3.90. The lowest BCUT2D eigenvalue weighted by Gasteiger charge is -2.30. The van der Waals surface area contributed by atoms with Crippen LogP contribution in [0.25, 0.3) is 22.3 Å². The van der Waals surface area contributed by atoms with Crippen LogP contribution in [0.2, 0.25) is 0 Å². The standard InChI is InChI=1S/C14H12N6/c15-5-9-3-11(4-9)20-7-10(6-19-20)13-12-1-2-16-14(12)18-8-17-13/h1-2,6-9,11H,3-4H2,(H,16,17,18). The molecule has 0 aromatic carbocycles. The van der Waals surface area contributed by atoms with Crippen molar-refractivity contribution < 1.29 is 0 Å². The molecule has 0 radical (unpaired) electrons. The number of aromatic nitrogens is 5. The van der Waals surface area contributed by atoms with Crippen molar-refractivity contribution in [1.82, 2.24) is 24.7 Å². The van der Waals surface area contributed by atoms with Crippen molar-refractivity contribution in [2.75, 3.05) is 0 Å². The fourth-order valence-corrected chi connectivity index (χ4v) is 2.67. The highest BCUT2D eigenvalue weighted by Gasteiger charge is 2.31. The summed E-state index contributed by atoms with van der Waals surface area (Å²) in [7, 11) is 0. The van der Waals surface area contributed by atoms with Crippen LogP contribution in [0.3, 0.4) is 0 Å². The smallest absolute Gasteiger partial charge is 0.141 e. The van der Waals surface area contributed by atoms with Gasteiger partial charge in [-0.05, 0) is 18.9 Å². The maximum absolute atomic E-state index is 8.83. The van der Waals surface area contributed by atoms with E-state index in [1.54, 1.807) is 6.33 Å². The first-order valence-electron chi connectivity index (χ1n) is 6.57. The van der Waals surface area contributed by atoms with Crippen LogP contribution >= 0.6 is 0 Å². The summed E-state index contributed by atoms with van der Waals surface area (Å²) in [6, 6.07) is 4.61. The van der Waals surface area contributed by atoms with Crippen LogP contribution in [0.4, 0.5) is 0 Å². The van der Waals surface area contributed by atoms with E-state index in [-0.39, 0.29) is 5.92 Å². The van der Waals surface area contributed by atoms with Gasteiger partial charge < -0.3 is 4.98 Å². The van der Waals surface area contributed by atoms with Gasteiger partial charge in [0.05, 0.1) is 29.9 Å². The fraction of sp³-hybridized carbons (Fsp3) is 0.286. The van der Waals surface area contributed by atoms with E-state index >= 15 is 0 Å². The molecule has 1 fully saturated rings. The molecule has 3 aromatic rings. The van der Waals surface area contributed by atoms with Crippen LogP contribution in [0.15, 0.2) is 31.0 Å². The average Bonchev–Trinajstić information content (AvgIpc) is 3.05. The second kappa shape index (κ2) is 4.17. The Morgan fingerprint density at radius 1 is 1.35 bits per heavy atom. The van der Waals surface area contributed by atoms with E-state index in [9.17, 15) is 0 Å². The van der Waals surface area contributed by atoms with E-state index in [1.165, 1.54) is 0 Å². The number of nitrogens with one attached hydrogen (secondary N) is 1. The normalized spacial score (nSPS) is 21.6. The van der Waals surface area contributed by atoms with Gasteiger partial charge in [0.1, 0.15) is 12.0 Å². The highest BCUT2D eigenvalue weighted by molar-refractivity contribution is 5.89. The predicted octanol–water partition coefficient (Wildman–Crippen LogP) is 2.30. The Morgan fingerprint density at radius 2 is 2.25 bits per heavy atom. The lowest BCUT2D eigenvalue weighted by molar-refractivity contribution is 0.230. The Hall–Kier alpha value is -2.68. The molecule has 0 atom stereocenters. The molecule has 6 nitrogen and oxygen atoms in total. The zero-order valence-electron chi connectivity index (χ0n) is 10.7. The molecule has 0 unspecified atom stereocenters. The van der Waals surface area contributed by atoms with Crippen molar-refractivity contribution in [2.45, 2.75) is 18.9 Å². The Bertz CT molecular complexity index is 802. The van der Waals surface area contributed by atoms with Gasteiger partial charge in [-0.2, -0.15) is 10.4 Å². The summed E-state index contributed by atoms with van der Waals surface area (Å²) < 4.78 is 1.95. The molecule has 1 aliphatic rings. The molecule has 4 rings (SSSR count). The maximum Gasteiger partial charge on any atom is 0.141 e. The molecule has 0 aliphatic heterocycles. The van der Waals surface area contributed by atoms with Crippen LogP contribution in [-0.2, 0) is 0 Å². The second-order valence-electron chi connectivity index (χ2n) is 5.12. The van der Waals surface area contributed by atoms with E-state index in [2.05, 4.69) is 26.1 Å². The number of H-pyrrole nitrogens is 1. The summed E-state index contributed by atoms with van der Waals surface area (Å²) in [5.41, 5.74) is 2.70. The Kier molecular flexibility index (Phi) is 2.33. The van der Waals surface area contributed by atoms with Crippen LogP contribution < -0.4 is 0 Å². The number of nitriles is 1. The lowest BCUT2D eigenvalue weighted by atomic mass is 9.81. The summed E-state index contributed by atoms with van der Waals surface area (Å²) in [4.78, 5) is 11.6. The minimum atomic E-state index is 0.183. The number of rotatable bonds is 2. The zero-order chi connectivity index (χ0) is 13.5. The zero-order valence-corrected chi connectivity index (χ0v) is 10.7. The van der Waals surface area contributed by atoms with Gasteiger partial charge in [-0.1, -0.05) is 0 Å². The molecule has 6 heteroatoms. The van der Waals surface area contributed by atoms with E-state index in [1.807, 2.05) is 29.3 Å². The van der Waals surface area contributed by atoms with Crippen LogP contribution in [0.1, 0.15) is 18.9 Å². The summed E-state index contributed by atoms with van der Waals surface area (Å²) in [6.07, 6.45) is 9.03. The van der Waals surface area contributed by atoms with E-state index in [4.69, 9.17) is 5.26 Å². The molecule has 1 N–H and O–H groups in total. The van der Waals surface area contributed by atoms with Crippen LogP contribution in [-0.4, -0.2) is 24.7 Å². The van der Waals surface area contributed by atoms with E-state index < -0.39 is 0 Å². The van der Waals surface area contributed by atoms with Crippen molar-refractivity contribution in [3.8, 4) is 17.3 Å². The van der Waals surface area contributed by atoms with E-state index in [0.717, 1.165) is 35.1 Å². The molecule has 0 amide bonds. The third-order valence-electron chi connectivity index (χ3n) is 3.90. The highest BCUT2D eigenvalue weighted by atomic mass is 15.3. The first-order valence-corrected chi connectivity index (χ1v) is 6.57. The number of aromatic amines is 1. The minimum Gasteiger partial charge on any atom is -0.346 e. The molecule has 1 saturated carbocycles. The predicted molar refractivity (Wildman–Crippen MR) is 72.5 cm³/mol. The molecule has 0 bridgehead atoms. The lowest BCUT2D eigenvalue weighted by Crippen LogP contribution is -2.25. The Morgan fingerprint density at radius 3 is 3.10 bits per heavy atom. The number of hydrogen-bond donors (Lipinski definition) is 1. The summed E-state index contributed by atoms with van der Waals surface area (Å²) in [5.74, 6) is 0.183.